The van der Waals surface area contributed by atoms with Crippen LogP contribution in [0, 0.1) is 12.3 Å². The first-order valence-electron chi connectivity index (χ1n) is 7.47. The maximum absolute atomic E-state index is 12.9. The molecule has 0 saturated heterocycles. The molecule has 3 heteroatoms. The van der Waals surface area contributed by atoms with E-state index in [4.69, 9.17) is 6.42 Å². The van der Waals surface area contributed by atoms with Gasteiger partial charge in [-0.1, -0.05) is 56.0 Å². The van der Waals surface area contributed by atoms with Crippen molar-refractivity contribution in [2.45, 2.75) is 38.0 Å². The molecule has 0 atom stereocenters. The lowest BCUT2D eigenvalue weighted by molar-refractivity contribution is -0.125. The van der Waals surface area contributed by atoms with Gasteiger partial charge in [0.05, 0.1) is 18.5 Å². The third kappa shape index (κ3) is 3.87. The van der Waals surface area contributed by atoms with Crippen LogP contribution in [0.5, 0.6) is 0 Å². The predicted molar refractivity (Wildman–Crippen MR) is 89.8 cm³/mol. The molecule has 0 spiro atoms. The molecule has 1 fully saturated rings. The zero-order chi connectivity index (χ0) is 14.4. The Morgan fingerprint density at radius 1 is 1.29 bits per heavy atom. The fourth-order valence-corrected chi connectivity index (χ4v) is 3.23. The number of halogens is 1. The Morgan fingerprint density at radius 3 is 2.43 bits per heavy atom. The average Bonchev–Trinajstić information content (AvgIpc) is 2.98. The van der Waals surface area contributed by atoms with Crippen molar-refractivity contribution in [1.82, 2.24) is 4.90 Å². The van der Waals surface area contributed by atoms with Gasteiger partial charge in [-0.3, -0.25) is 9.69 Å². The third-order valence-corrected chi connectivity index (χ3v) is 4.45. The molecule has 0 radical (unpaired) electrons. The molecule has 0 heterocycles. The summed E-state index contributed by atoms with van der Waals surface area (Å²) in [5.74, 6) is 2.97. The van der Waals surface area contributed by atoms with E-state index < -0.39 is 0 Å². The van der Waals surface area contributed by atoms with Crippen molar-refractivity contribution in [2.75, 3.05) is 19.6 Å². The molecule has 1 aliphatic carbocycles. The van der Waals surface area contributed by atoms with Crippen molar-refractivity contribution in [3.8, 4) is 12.3 Å². The number of hydrogen-bond donors (Lipinski definition) is 0. The topological polar surface area (TPSA) is 20.3 Å². The molecule has 0 amide bonds. The molecule has 0 aromatic heterocycles. The van der Waals surface area contributed by atoms with Gasteiger partial charge in [-0.15, -0.1) is 18.8 Å². The van der Waals surface area contributed by atoms with Crippen molar-refractivity contribution in [3.05, 3.63) is 35.9 Å². The highest BCUT2D eigenvalue weighted by molar-refractivity contribution is 5.92. The summed E-state index contributed by atoms with van der Waals surface area (Å²) in [5.41, 5.74) is 0.905. The number of likely N-dealkylation sites (N-methyl/N-ethyl adjacent to an activating group) is 1. The maximum Gasteiger partial charge on any atom is 0.157 e. The molecule has 1 aliphatic rings. The number of rotatable bonds is 6. The fourth-order valence-electron chi connectivity index (χ4n) is 3.23. The van der Waals surface area contributed by atoms with Gasteiger partial charge in [-0.2, -0.15) is 0 Å². The first kappa shape index (κ1) is 17.8. The molecule has 21 heavy (non-hydrogen) atoms. The average molecular weight is 306 g/mol. The highest BCUT2D eigenvalue weighted by atomic mass is 35.5. The summed E-state index contributed by atoms with van der Waals surface area (Å²) < 4.78 is 0. The van der Waals surface area contributed by atoms with Crippen LogP contribution in [0.2, 0.25) is 0 Å². The van der Waals surface area contributed by atoms with E-state index in [0.717, 1.165) is 32.2 Å². The first-order valence-corrected chi connectivity index (χ1v) is 7.47. The van der Waals surface area contributed by atoms with E-state index in [1.165, 1.54) is 5.56 Å². The number of hydrogen-bond acceptors (Lipinski definition) is 2. The van der Waals surface area contributed by atoms with Gasteiger partial charge >= 0.3 is 0 Å². The maximum atomic E-state index is 12.9. The number of terminal acetylenes is 1. The molecule has 1 saturated carbocycles. The van der Waals surface area contributed by atoms with Crippen molar-refractivity contribution >= 4 is 18.2 Å². The Bertz CT molecular complexity index is 486. The summed E-state index contributed by atoms with van der Waals surface area (Å²) in [4.78, 5) is 14.9. The Morgan fingerprint density at radius 2 is 1.90 bits per heavy atom. The molecule has 0 bridgehead atoms. The molecule has 114 valence electrons. The highest BCUT2D eigenvalue weighted by Gasteiger charge is 2.42. The van der Waals surface area contributed by atoms with E-state index in [1.807, 2.05) is 23.1 Å². The van der Waals surface area contributed by atoms with Gasteiger partial charge in [0.2, 0.25) is 0 Å². The summed E-state index contributed by atoms with van der Waals surface area (Å²) in [6.07, 6.45) is 9.61. The van der Waals surface area contributed by atoms with E-state index in [1.54, 1.807) is 0 Å². The zero-order valence-corrected chi connectivity index (χ0v) is 13.5. The van der Waals surface area contributed by atoms with Crippen molar-refractivity contribution in [2.24, 2.45) is 0 Å². The minimum absolute atomic E-state index is 0. The summed E-state index contributed by atoms with van der Waals surface area (Å²) in [7, 11) is 0. The quantitative estimate of drug-likeness (QED) is 0.750. The Hall–Kier alpha value is -1.30. The Kier molecular flexibility index (Phi) is 6.95. The number of carbonyl (C=O) groups is 1. The lowest BCUT2D eigenvalue weighted by Gasteiger charge is -2.30. The molecule has 2 rings (SSSR count). The van der Waals surface area contributed by atoms with Crippen LogP contribution in [0.25, 0.3) is 0 Å². The highest BCUT2D eigenvalue weighted by Crippen LogP contribution is 2.42. The monoisotopic (exact) mass is 305 g/mol. The second-order valence-electron chi connectivity index (χ2n) is 5.59. The van der Waals surface area contributed by atoms with Gasteiger partial charge in [-0.05, 0) is 24.9 Å². The minimum Gasteiger partial charge on any atom is -0.297 e. The summed E-state index contributed by atoms with van der Waals surface area (Å²) in [5, 5.41) is 0. The SMILES string of the molecule is C#CCN(CC)CC(=O)C1(c2ccccc2)CCCC1.Cl. The van der Waals surface area contributed by atoms with Crippen molar-refractivity contribution in [3.63, 3.8) is 0 Å². The number of carbonyl (C=O) groups excluding carboxylic acids is 1. The van der Waals surface area contributed by atoms with Crippen LogP contribution < -0.4 is 0 Å². The number of benzene rings is 1. The molecule has 1 aromatic rings. The lowest BCUT2D eigenvalue weighted by atomic mass is 9.75. The second-order valence-corrected chi connectivity index (χ2v) is 5.59. The summed E-state index contributed by atoms with van der Waals surface area (Å²) >= 11 is 0. The minimum atomic E-state index is -0.275. The molecular formula is C18H24ClNO. The molecule has 0 unspecified atom stereocenters. The standard InChI is InChI=1S/C18H23NO.ClH/c1-3-14-19(4-2)15-17(20)18(12-8-9-13-18)16-10-6-5-7-11-16;/h1,5-7,10-11H,4,8-9,12-15H2,2H3;1H. The first-order chi connectivity index (χ1) is 9.73. The molecule has 0 aliphatic heterocycles. The lowest BCUT2D eigenvalue weighted by Crippen LogP contribution is -2.41. The van der Waals surface area contributed by atoms with Crippen molar-refractivity contribution in [1.29, 1.82) is 0 Å². The number of nitrogens with zero attached hydrogens (tertiary/aromatic N) is 1. The van der Waals surface area contributed by atoms with Crippen LogP contribution >= 0.6 is 12.4 Å². The van der Waals surface area contributed by atoms with Gasteiger partial charge < -0.3 is 0 Å². The van der Waals surface area contributed by atoms with Gasteiger partial charge in [0.25, 0.3) is 0 Å². The van der Waals surface area contributed by atoms with Crippen molar-refractivity contribution < 1.29 is 4.79 Å². The van der Waals surface area contributed by atoms with Gasteiger partial charge in [0, 0.05) is 0 Å². The van der Waals surface area contributed by atoms with Crippen LogP contribution in [0.15, 0.2) is 30.3 Å². The smallest absolute Gasteiger partial charge is 0.157 e. The largest absolute Gasteiger partial charge is 0.297 e. The fraction of sp³-hybridized carbons (Fsp3) is 0.500. The Balaban J connectivity index is 0.00000220. The van der Waals surface area contributed by atoms with E-state index in [0.29, 0.717) is 18.9 Å². The van der Waals surface area contributed by atoms with Gasteiger partial charge in [0.15, 0.2) is 5.78 Å². The second kappa shape index (κ2) is 8.22. The van der Waals surface area contributed by atoms with Crippen LogP contribution in [-0.4, -0.2) is 30.3 Å². The zero-order valence-electron chi connectivity index (χ0n) is 12.7. The third-order valence-electron chi connectivity index (χ3n) is 4.45. The van der Waals surface area contributed by atoms with Gasteiger partial charge in [0.1, 0.15) is 0 Å². The molecule has 2 nitrogen and oxygen atoms in total. The molecular weight excluding hydrogens is 282 g/mol. The van der Waals surface area contributed by atoms with Crippen LogP contribution in [0.1, 0.15) is 38.2 Å². The van der Waals surface area contributed by atoms with E-state index in [-0.39, 0.29) is 17.8 Å². The number of ketones is 1. The van der Waals surface area contributed by atoms with Crippen LogP contribution in [-0.2, 0) is 10.2 Å². The number of Topliss-reactive ketones (excluding diaryl/α,β-unsaturated/α-hetero) is 1. The Labute approximate surface area is 134 Å². The van der Waals surface area contributed by atoms with E-state index in [2.05, 4.69) is 25.0 Å². The predicted octanol–water partition coefficient (Wildman–Crippen LogP) is 3.44. The van der Waals surface area contributed by atoms with E-state index in [9.17, 15) is 4.79 Å². The molecule has 0 N–H and O–H groups in total. The molecule has 1 aromatic carbocycles. The summed E-state index contributed by atoms with van der Waals surface area (Å²) in [6, 6.07) is 10.3. The van der Waals surface area contributed by atoms with E-state index >= 15 is 0 Å². The van der Waals surface area contributed by atoms with Crippen LogP contribution in [0.3, 0.4) is 0 Å². The van der Waals surface area contributed by atoms with Crippen LogP contribution in [0.4, 0.5) is 0 Å². The normalized spacial score (nSPS) is 16.2. The van der Waals surface area contributed by atoms with Gasteiger partial charge in [-0.25, -0.2) is 0 Å². The summed E-state index contributed by atoms with van der Waals surface area (Å²) in [6.45, 7) is 3.89.